The molecule has 0 fully saturated rings. The number of furan rings is 1. The zero-order valence-electron chi connectivity index (χ0n) is 6.14. The lowest BCUT2D eigenvalue weighted by Gasteiger charge is -1.93. The van der Waals surface area contributed by atoms with E-state index < -0.39 is 0 Å². The highest BCUT2D eigenvalue weighted by atomic mass is 16.3. The third-order valence-electron chi connectivity index (χ3n) is 1.37. The van der Waals surface area contributed by atoms with Crippen LogP contribution < -0.4 is 5.73 Å². The smallest absolute Gasteiger partial charge is 0.223 e. The molecule has 0 aromatic carbocycles. The van der Waals surface area contributed by atoms with Crippen LogP contribution in [-0.2, 0) is 0 Å². The summed E-state index contributed by atoms with van der Waals surface area (Å²) in [4.78, 5) is 11.5. The van der Waals surface area contributed by atoms with Gasteiger partial charge in [-0.15, -0.1) is 0 Å². The molecule has 0 aliphatic carbocycles. The van der Waals surface area contributed by atoms with Crippen LogP contribution >= 0.6 is 0 Å². The fourth-order valence-electron chi connectivity index (χ4n) is 0.840. The van der Waals surface area contributed by atoms with Crippen LogP contribution in [0.15, 0.2) is 29.3 Å². The number of hydrogen-bond acceptors (Lipinski definition) is 5. The summed E-state index contributed by atoms with van der Waals surface area (Å²) in [5.74, 6) is 0.734. The molecule has 12 heavy (non-hydrogen) atoms. The first-order valence-corrected chi connectivity index (χ1v) is 3.33. The Balaban J connectivity index is 2.48. The molecule has 0 saturated heterocycles. The Morgan fingerprint density at radius 2 is 2.25 bits per heavy atom. The predicted molar refractivity (Wildman–Crippen MR) is 41.9 cm³/mol. The highest BCUT2D eigenvalue weighted by Gasteiger charge is 2.01. The largest absolute Gasteiger partial charge is 0.472 e. The van der Waals surface area contributed by atoms with Gasteiger partial charge in [0.1, 0.15) is 12.6 Å². The molecular weight excluding hydrogens is 156 g/mol. The van der Waals surface area contributed by atoms with E-state index in [1.54, 1.807) is 18.6 Å². The van der Waals surface area contributed by atoms with Gasteiger partial charge in [-0.05, 0) is 6.07 Å². The van der Waals surface area contributed by atoms with Crippen molar-refractivity contribution in [1.82, 2.24) is 15.0 Å². The van der Waals surface area contributed by atoms with Crippen LogP contribution in [0.5, 0.6) is 0 Å². The first-order valence-electron chi connectivity index (χ1n) is 3.33. The Morgan fingerprint density at radius 1 is 1.33 bits per heavy atom. The van der Waals surface area contributed by atoms with Gasteiger partial charge in [0.25, 0.3) is 0 Å². The number of aromatic nitrogens is 3. The lowest BCUT2D eigenvalue weighted by Crippen LogP contribution is -1.97. The van der Waals surface area contributed by atoms with Crippen LogP contribution in [0.2, 0.25) is 0 Å². The van der Waals surface area contributed by atoms with E-state index in [1.807, 2.05) is 0 Å². The summed E-state index contributed by atoms with van der Waals surface area (Å²) in [5, 5.41) is 0. The van der Waals surface area contributed by atoms with Gasteiger partial charge in [0.05, 0.1) is 11.8 Å². The molecule has 0 atom stereocenters. The summed E-state index contributed by atoms with van der Waals surface area (Å²) in [6, 6.07) is 1.76. The first-order chi connectivity index (χ1) is 5.86. The van der Waals surface area contributed by atoms with Crippen LogP contribution in [0.4, 0.5) is 5.95 Å². The maximum Gasteiger partial charge on any atom is 0.223 e. The maximum atomic E-state index is 5.37. The Morgan fingerprint density at radius 3 is 2.92 bits per heavy atom. The first kappa shape index (κ1) is 6.78. The molecule has 5 heteroatoms. The van der Waals surface area contributed by atoms with E-state index in [9.17, 15) is 0 Å². The third kappa shape index (κ3) is 1.12. The van der Waals surface area contributed by atoms with Gasteiger partial charge < -0.3 is 10.2 Å². The molecule has 0 radical (unpaired) electrons. The fraction of sp³-hybridized carbons (Fsp3) is 0. The van der Waals surface area contributed by atoms with E-state index in [4.69, 9.17) is 10.2 Å². The second kappa shape index (κ2) is 2.61. The quantitative estimate of drug-likeness (QED) is 0.668. The summed E-state index contributed by atoms with van der Waals surface area (Å²) >= 11 is 0. The molecule has 60 valence electrons. The predicted octanol–water partition coefficient (Wildman–Crippen LogP) is 0.714. The SMILES string of the molecule is Nc1ncnc(-c2ccoc2)n1. The summed E-state index contributed by atoms with van der Waals surface area (Å²) in [6.45, 7) is 0. The van der Waals surface area contributed by atoms with Crippen molar-refractivity contribution in [3.63, 3.8) is 0 Å². The Kier molecular flexibility index (Phi) is 1.48. The average molecular weight is 162 g/mol. The lowest BCUT2D eigenvalue weighted by atomic mass is 10.3. The molecule has 0 aliphatic heterocycles. The standard InChI is InChI=1S/C7H6N4O/c8-7-10-4-9-6(11-7)5-1-2-12-3-5/h1-4H,(H2,8,9,10,11). The number of anilines is 1. The molecule has 2 N–H and O–H groups in total. The van der Waals surface area contributed by atoms with Crippen molar-refractivity contribution in [3.8, 4) is 11.4 Å². The topological polar surface area (TPSA) is 77.8 Å². The van der Waals surface area contributed by atoms with Crippen molar-refractivity contribution in [3.05, 3.63) is 24.9 Å². The molecule has 0 aliphatic rings. The third-order valence-corrected chi connectivity index (χ3v) is 1.37. The minimum absolute atomic E-state index is 0.209. The normalized spacial score (nSPS) is 10.0. The Labute approximate surface area is 68.3 Å². The molecular formula is C7H6N4O. The molecule has 2 aromatic heterocycles. The molecule has 0 saturated carbocycles. The van der Waals surface area contributed by atoms with E-state index in [0.29, 0.717) is 5.82 Å². The van der Waals surface area contributed by atoms with Crippen molar-refractivity contribution >= 4 is 5.95 Å². The summed E-state index contributed by atoms with van der Waals surface area (Å²) in [7, 11) is 0. The summed E-state index contributed by atoms with van der Waals surface area (Å²) in [6.07, 6.45) is 4.47. The minimum Gasteiger partial charge on any atom is -0.472 e. The fourth-order valence-corrected chi connectivity index (χ4v) is 0.840. The number of nitrogens with two attached hydrogens (primary N) is 1. The highest BCUT2D eigenvalue weighted by Crippen LogP contribution is 2.13. The Bertz CT molecular complexity index is 371. The summed E-state index contributed by atoms with van der Waals surface area (Å²) < 4.78 is 4.87. The van der Waals surface area contributed by atoms with Gasteiger partial charge in [-0.3, -0.25) is 0 Å². The van der Waals surface area contributed by atoms with Crippen molar-refractivity contribution in [2.75, 3.05) is 5.73 Å². The second-order valence-corrected chi connectivity index (χ2v) is 2.18. The molecule has 2 rings (SSSR count). The van der Waals surface area contributed by atoms with Crippen LogP contribution in [0.25, 0.3) is 11.4 Å². The van der Waals surface area contributed by atoms with Gasteiger partial charge >= 0.3 is 0 Å². The Hall–Kier alpha value is -1.91. The molecule has 0 bridgehead atoms. The van der Waals surface area contributed by atoms with Gasteiger partial charge in [-0.25, -0.2) is 9.97 Å². The number of nitrogens with zero attached hydrogens (tertiary/aromatic N) is 3. The molecule has 2 heterocycles. The van der Waals surface area contributed by atoms with E-state index in [2.05, 4.69) is 15.0 Å². The highest BCUT2D eigenvalue weighted by molar-refractivity contribution is 5.52. The van der Waals surface area contributed by atoms with Gasteiger partial charge in [0.2, 0.25) is 5.95 Å². The van der Waals surface area contributed by atoms with E-state index >= 15 is 0 Å². The summed E-state index contributed by atoms with van der Waals surface area (Å²) in [5.41, 5.74) is 6.17. The molecule has 2 aromatic rings. The zero-order chi connectivity index (χ0) is 8.39. The lowest BCUT2D eigenvalue weighted by molar-refractivity contribution is 0.568. The van der Waals surface area contributed by atoms with Gasteiger partial charge in [-0.2, -0.15) is 4.98 Å². The molecule has 5 nitrogen and oxygen atoms in total. The van der Waals surface area contributed by atoms with Crippen molar-refractivity contribution in [1.29, 1.82) is 0 Å². The number of nitrogen functional groups attached to an aromatic ring is 1. The molecule has 0 amide bonds. The minimum atomic E-state index is 0.209. The van der Waals surface area contributed by atoms with Gasteiger partial charge in [0.15, 0.2) is 5.82 Å². The maximum absolute atomic E-state index is 5.37. The van der Waals surface area contributed by atoms with Crippen LogP contribution in [0, 0.1) is 0 Å². The van der Waals surface area contributed by atoms with Crippen molar-refractivity contribution in [2.45, 2.75) is 0 Å². The van der Waals surface area contributed by atoms with Crippen LogP contribution in [0.1, 0.15) is 0 Å². The van der Waals surface area contributed by atoms with Crippen molar-refractivity contribution < 1.29 is 4.42 Å². The zero-order valence-corrected chi connectivity index (χ0v) is 6.14. The van der Waals surface area contributed by atoms with E-state index in [-0.39, 0.29) is 5.95 Å². The average Bonchev–Trinajstić information content (AvgIpc) is 2.56. The van der Waals surface area contributed by atoms with E-state index in [0.717, 1.165) is 5.56 Å². The monoisotopic (exact) mass is 162 g/mol. The van der Waals surface area contributed by atoms with Crippen molar-refractivity contribution in [2.24, 2.45) is 0 Å². The number of hydrogen-bond donors (Lipinski definition) is 1. The van der Waals surface area contributed by atoms with Gasteiger partial charge in [0, 0.05) is 0 Å². The molecule has 0 spiro atoms. The van der Waals surface area contributed by atoms with E-state index in [1.165, 1.54) is 6.33 Å². The number of rotatable bonds is 1. The second-order valence-electron chi connectivity index (χ2n) is 2.18. The van der Waals surface area contributed by atoms with Crippen LogP contribution in [-0.4, -0.2) is 15.0 Å². The van der Waals surface area contributed by atoms with Gasteiger partial charge in [-0.1, -0.05) is 0 Å². The van der Waals surface area contributed by atoms with Crippen LogP contribution in [0.3, 0.4) is 0 Å². The molecule has 0 unspecified atom stereocenters.